The van der Waals surface area contributed by atoms with Crippen LogP contribution in [-0.2, 0) is 9.53 Å². The number of esters is 1. The van der Waals surface area contributed by atoms with Gasteiger partial charge in [0.2, 0.25) is 0 Å². The SMILES string of the molecule is [C-]#[N+]c1ccc(N=Nc2ccc(N(CC)CCOC(=O)C(=C)C)cc2C)cc1[N+]#[C-]. The van der Waals surface area contributed by atoms with Crippen LogP contribution in [0.25, 0.3) is 9.69 Å². The number of benzene rings is 2. The van der Waals surface area contributed by atoms with Gasteiger partial charge in [0, 0.05) is 17.8 Å². The van der Waals surface area contributed by atoms with E-state index in [9.17, 15) is 4.79 Å². The maximum Gasteiger partial charge on any atom is 0.333 e. The molecule has 0 saturated heterocycles. The molecule has 2 aromatic carbocycles. The summed E-state index contributed by atoms with van der Waals surface area (Å²) in [6.45, 7) is 25.0. The van der Waals surface area contributed by atoms with E-state index in [2.05, 4.69) is 31.4 Å². The molecule has 2 rings (SSSR count). The van der Waals surface area contributed by atoms with E-state index >= 15 is 0 Å². The van der Waals surface area contributed by atoms with Crippen molar-refractivity contribution in [3.8, 4) is 0 Å². The Morgan fingerprint density at radius 2 is 1.87 bits per heavy atom. The van der Waals surface area contributed by atoms with Gasteiger partial charge < -0.3 is 9.64 Å². The molecule has 2 aromatic rings. The van der Waals surface area contributed by atoms with Crippen LogP contribution in [0.1, 0.15) is 19.4 Å². The lowest BCUT2D eigenvalue weighted by Gasteiger charge is -2.23. The zero-order chi connectivity index (χ0) is 22.1. The molecule has 0 aliphatic heterocycles. The number of hydrogen-bond acceptors (Lipinski definition) is 5. The second kappa shape index (κ2) is 10.5. The van der Waals surface area contributed by atoms with Crippen molar-refractivity contribution in [2.75, 3.05) is 24.6 Å². The van der Waals surface area contributed by atoms with Crippen molar-refractivity contribution in [3.05, 3.63) is 76.9 Å². The van der Waals surface area contributed by atoms with Gasteiger partial charge in [-0.15, -0.1) is 0 Å². The lowest BCUT2D eigenvalue weighted by Crippen LogP contribution is -2.28. The first-order chi connectivity index (χ1) is 14.4. The molecule has 0 heterocycles. The van der Waals surface area contributed by atoms with Gasteiger partial charge >= 0.3 is 5.97 Å². The Morgan fingerprint density at radius 3 is 2.47 bits per heavy atom. The van der Waals surface area contributed by atoms with E-state index in [-0.39, 0.29) is 18.3 Å². The van der Waals surface area contributed by atoms with Gasteiger partial charge in [-0.1, -0.05) is 12.6 Å². The third-order valence-electron chi connectivity index (χ3n) is 4.34. The van der Waals surface area contributed by atoms with Crippen molar-refractivity contribution in [1.29, 1.82) is 0 Å². The molecule has 7 nitrogen and oxygen atoms in total. The summed E-state index contributed by atoms with van der Waals surface area (Å²) in [6, 6.07) is 10.6. The maximum absolute atomic E-state index is 11.5. The predicted molar refractivity (Wildman–Crippen MR) is 118 cm³/mol. The Bertz CT molecular complexity index is 1060. The quantitative estimate of drug-likeness (QED) is 0.221. The number of ether oxygens (including phenoxy) is 1. The van der Waals surface area contributed by atoms with Gasteiger partial charge in [-0.3, -0.25) is 9.69 Å². The average molecular weight is 401 g/mol. The molecular weight excluding hydrogens is 378 g/mol. The summed E-state index contributed by atoms with van der Waals surface area (Å²) in [5.74, 6) is -0.385. The number of aryl methyl sites for hydroxylation is 1. The summed E-state index contributed by atoms with van der Waals surface area (Å²) in [6.07, 6.45) is 0. The highest BCUT2D eigenvalue weighted by Crippen LogP contribution is 2.33. The van der Waals surface area contributed by atoms with E-state index in [0.717, 1.165) is 17.8 Å². The smallest absolute Gasteiger partial charge is 0.333 e. The fraction of sp³-hybridized carbons (Fsp3) is 0.261. The molecule has 0 spiro atoms. The van der Waals surface area contributed by atoms with Crippen molar-refractivity contribution < 1.29 is 9.53 Å². The highest BCUT2D eigenvalue weighted by molar-refractivity contribution is 5.86. The molecule has 152 valence electrons. The van der Waals surface area contributed by atoms with E-state index in [1.54, 1.807) is 25.1 Å². The summed E-state index contributed by atoms with van der Waals surface area (Å²) in [4.78, 5) is 20.3. The van der Waals surface area contributed by atoms with Crippen molar-refractivity contribution in [1.82, 2.24) is 0 Å². The fourth-order valence-corrected chi connectivity index (χ4v) is 2.66. The Kier molecular flexibility index (Phi) is 7.84. The summed E-state index contributed by atoms with van der Waals surface area (Å²) in [5, 5.41) is 8.49. The fourth-order valence-electron chi connectivity index (χ4n) is 2.66. The first kappa shape index (κ1) is 22.3. The van der Waals surface area contributed by atoms with Crippen LogP contribution in [0.3, 0.4) is 0 Å². The Morgan fingerprint density at radius 1 is 1.13 bits per heavy atom. The van der Waals surface area contributed by atoms with Gasteiger partial charge in [0.25, 0.3) is 0 Å². The van der Waals surface area contributed by atoms with Gasteiger partial charge in [0.15, 0.2) is 11.4 Å². The molecule has 0 unspecified atom stereocenters. The number of likely N-dealkylation sites (N-methyl/N-ethyl adjacent to an activating group) is 1. The van der Waals surface area contributed by atoms with Gasteiger partial charge in [-0.2, -0.15) is 10.2 Å². The maximum atomic E-state index is 11.5. The Balaban J connectivity index is 2.11. The number of anilines is 1. The second-order valence-electron chi connectivity index (χ2n) is 6.56. The average Bonchev–Trinajstić information content (AvgIpc) is 2.75. The van der Waals surface area contributed by atoms with Crippen LogP contribution in [0.15, 0.2) is 58.8 Å². The van der Waals surface area contributed by atoms with Crippen molar-refractivity contribution in [2.45, 2.75) is 20.8 Å². The minimum Gasteiger partial charge on any atom is -0.460 e. The molecule has 0 bridgehead atoms. The zero-order valence-electron chi connectivity index (χ0n) is 17.3. The van der Waals surface area contributed by atoms with Crippen LogP contribution in [0.5, 0.6) is 0 Å². The molecule has 0 aliphatic rings. The lowest BCUT2D eigenvalue weighted by atomic mass is 10.1. The highest BCUT2D eigenvalue weighted by Gasteiger charge is 2.09. The molecule has 0 amide bonds. The summed E-state index contributed by atoms with van der Waals surface area (Å²) >= 11 is 0. The van der Waals surface area contributed by atoms with Crippen LogP contribution >= 0.6 is 0 Å². The van der Waals surface area contributed by atoms with Crippen molar-refractivity contribution in [3.63, 3.8) is 0 Å². The monoisotopic (exact) mass is 401 g/mol. The standard InChI is InChI=1S/C23H23N5O2/c1-7-28(12-13-30-23(29)16(2)3)19-9-11-20(17(4)14-19)27-26-18-8-10-21(24-5)22(15-18)25-6/h8-11,14-15H,2,7,12-13H2,1,3-4H3. The topological polar surface area (TPSA) is 63.0 Å². The van der Waals surface area contributed by atoms with E-state index < -0.39 is 0 Å². The molecular formula is C23H23N5O2. The minimum absolute atomic E-state index is 0.263. The number of nitrogens with zero attached hydrogens (tertiary/aromatic N) is 5. The Hall–Kier alpha value is -3.97. The summed E-state index contributed by atoms with van der Waals surface area (Å²) in [7, 11) is 0. The zero-order valence-corrected chi connectivity index (χ0v) is 17.3. The second-order valence-corrected chi connectivity index (χ2v) is 6.56. The van der Waals surface area contributed by atoms with E-state index in [4.69, 9.17) is 17.9 Å². The van der Waals surface area contributed by atoms with Crippen LogP contribution in [-0.4, -0.2) is 25.7 Å². The van der Waals surface area contributed by atoms with E-state index in [1.165, 1.54) is 0 Å². The Labute approximate surface area is 177 Å². The predicted octanol–water partition coefficient (Wildman–Crippen LogP) is 6.46. The normalized spacial score (nSPS) is 10.3. The van der Waals surface area contributed by atoms with Gasteiger partial charge in [-0.25, -0.2) is 4.79 Å². The van der Waals surface area contributed by atoms with Crippen LogP contribution < -0.4 is 4.90 Å². The molecule has 0 saturated carbocycles. The van der Waals surface area contributed by atoms with Gasteiger partial charge in [0.05, 0.1) is 31.1 Å². The molecule has 0 fully saturated rings. The number of carbonyl (C=O) groups is 1. The van der Waals surface area contributed by atoms with Crippen LogP contribution in [0, 0.1) is 20.1 Å². The van der Waals surface area contributed by atoms with Crippen molar-refractivity contribution >= 4 is 34.4 Å². The summed E-state index contributed by atoms with van der Waals surface area (Å²) in [5.41, 5.74) is 4.12. The largest absolute Gasteiger partial charge is 0.460 e. The van der Waals surface area contributed by atoms with Crippen LogP contribution in [0.4, 0.5) is 28.4 Å². The van der Waals surface area contributed by atoms with Crippen LogP contribution in [0.2, 0.25) is 0 Å². The number of carbonyl (C=O) groups excluding carboxylic acids is 1. The number of azo groups is 1. The van der Waals surface area contributed by atoms with E-state index in [1.807, 2.05) is 32.0 Å². The first-order valence-corrected chi connectivity index (χ1v) is 9.38. The van der Waals surface area contributed by atoms with Gasteiger partial charge in [0.1, 0.15) is 6.61 Å². The first-order valence-electron chi connectivity index (χ1n) is 9.38. The number of rotatable bonds is 8. The summed E-state index contributed by atoms with van der Waals surface area (Å²) < 4.78 is 5.18. The molecule has 0 atom stereocenters. The molecule has 30 heavy (non-hydrogen) atoms. The molecule has 0 radical (unpaired) electrons. The molecule has 0 N–H and O–H groups in total. The number of hydrogen-bond donors (Lipinski definition) is 0. The lowest BCUT2D eigenvalue weighted by molar-refractivity contribution is -0.138. The molecule has 0 aromatic heterocycles. The third kappa shape index (κ3) is 5.76. The van der Waals surface area contributed by atoms with Gasteiger partial charge in [-0.05, 0) is 56.7 Å². The highest BCUT2D eigenvalue weighted by atomic mass is 16.5. The minimum atomic E-state index is -0.385. The molecule has 7 heteroatoms. The third-order valence-corrected chi connectivity index (χ3v) is 4.34. The molecule has 0 aliphatic carbocycles. The van der Waals surface area contributed by atoms with E-state index in [0.29, 0.717) is 29.2 Å². The van der Waals surface area contributed by atoms with Crippen molar-refractivity contribution in [2.24, 2.45) is 10.2 Å².